The first kappa shape index (κ1) is 15.0. The number of piperidine rings is 1. The molecule has 1 aromatic rings. The third-order valence-electron chi connectivity index (χ3n) is 3.83. The number of methoxy groups -OCH3 is 2. The van der Waals surface area contributed by atoms with Crippen LogP contribution < -0.4 is 19.5 Å². The molecular formula is C16H25NO3. The van der Waals surface area contributed by atoms with E-state index in [1.54, 1.807) is 14.2 Å². The first-order valence-corrected chi connectivity index (χ1v) is 7.36. The van der Waals surface area contributed by atoms with Gasteiger partial charge in [0.15, 0.2) is 11.5 Å². The van der Waals surface area contributed by atoms with Gasteiger partial charge in [-0.3, -0.25) is 0 Å². The maximum atomic E-state index is 5.66. The lowest BCUT2D eigenvalue weighted by Gasteiger charge is -2.24. The Morgan fingerprint density at radius 1 is 1.05 bits per heavy atom. The summed E-state index contributed by atoms with van der Waals surface area (Å²) in [6, 6.07) is 4.00. The van der Waals surface area contributed by atoms with Gasteiger partial charge in [0.05, 0.1) is 20.8 Å². The van der Waals surface area contributed by atoms with Gasteiger partial charge in [-0.25, -0.2) is 0 Å². The van der Waals surface area contributed by atoms with Crippen molar-refractivity contribution in [2.75, 3.05) is 33.9 Å². The van der Waals surface area contributed by atoms with Crippen LogP contribution in [0.3, 0.4) is 0 Å². The van der Waals surface area contributed by atoms with Crippen LogP contribution in [0.5, 0.6) is 17.2 Å². The van der Waals surface area contributed by atoms with Crippen molar-refractivity contribution in [3.63, 3.8) is 0 Å². The first-order chi connectivity index (χ1) is 9.78. The number of hydrogen-bond donors (Lipinski definition) is 1. The molecule has 1 aliphatic heterocycles. The Labute approximate surface area is 121 Å². The van der Waals surface area contributed by atoms with E-state index in [9.17, 15) is 0 Å². The minimum Gasteiger partial charge on any atom is -0.496 e. The van der Waals surface area contributed by atoms with E-state index in [-0.39, 0.29) is 0 Å². The minimum atomic E-state index is 0.634. The van der Waals surface area contributed by atoms with Gasteiger partial charge in [-0.2, -0.15) is 0 Å². The lowest BCUT2D eigenvalue weighted by molar-refractivity contribution is 0.306. The monoisotopic (exact) mass is 279 g/mol. The second-order valence-electron chi connectivity index (χ2n) is 5.15. The van der Waals surface area contributed by atoms with E-state index in [0.29, 0.717) is 12.5 Å². The van der Waals surface area contributed by atoms with Crippen molar-refractivity contribution in [2.24, 2.45) is 5.92 Å². The summed E-state index contributed by atoms with van der Waals surface area (Å²) in [6.07, 6.45) is 3.48. The van der Waals surface area contributed by atoms with Gasteiger partial charge in [-0.15, -0.1) is 0 Å². The second-order valence-corrected chi connectivity index (χ2v) is 5.15. The smallest absolute Gasteiger partial charge is 0.164 e. The standard InChI is InChI=1S/C16H25NO3/c1-4-20-16-10-13(9-12-5-7-17-8-6-12)14(18-2)11-15(16)19-3/h10-12,17H,4-9H2,1-3H3. The highest BCUT2D eigenvalue weighted by Gasteiger charge is 2.18. The summed E-state index contributed by atoms with van der Waals surface area (Å²) in [5.41, 5.74) is 1.21. The number of ether oxygens (including phenoxy) is 3. The molecule has 112 valence electrons. The number of nitrogens with one attached hydrogen (secondary N) is 1. The molecule has 0 spiro atoms. The summed E-state index contributed by atoms with van der Waals surface area (Å²) >= 11 is 0. The Morgan fingerprint density at radius 2 is 1.75 bits per heavy atom. The lowest BCUT2D eigenvalue weighted by Crippen LogP contribution is -2.28. The van der Waals surface area contributed by atoms with Gasteiger partial charge in [-0.1, -0.05) is 0 Å². The van der Waals surface area contributed by atoms with Crippen LogP contribution in [0, 0.1) is 5.92 Å². The zero-order valence-corrected chi connectivity index (χ0v) is 12.7. The Kier molecular flexibility index (Phi) is 5.53. The van der Waals surface area contributed by atoms with Crippen LogP contribution in [0.2, 0.25) is 0 Å². The second kappa shape index (κ2) is 7.39. The summed E-state index contributed by atoms with van der Waals surface area (Å²) in [5, 5.41) is 3.40. The molecule has 1 aromatic carbocycles. The molecule has 1 saturated heterocycles. The minimum absolute atomic E-state index is 0.634. The third-order valence-corrected chi connectivity index (χ3v) is 3.83. The molecule has 0 bridgehead atoms. The molecule has 0 radical (unpaired) electrons. The van der Waals surface area contributed by atoms with Crippen molar-refractivity contribution >= 4 is 0 Å². The van der Waals surface area contributed by atoms with E-state index < -0.39 is 0 Å². The van der Waals surface area contributed by atoms with Gasteiger partial charge in [-0.05, 0) is 56.8 Å². The van der Waals surface area contributed by atoms with Gasteiger partial charge in [0.2, 0.25) is 0 Å². The number of rotatable bonds is 6. The van der Waals surface area contributed by atoms with Crippen LogP contribution in [0.1, 0.15) is 25.3 Å². The number of benzene rings is 1. The molecule has 0 aromatic heterocycles. The largest absolute Gasteiger partial charge is 0.496 e. The molecule has 2 rings (SSSR count). The summed E-state index contributed by atoms with van der Waals surface area (Å²) in [5.74, 6) is 3.15. The molecule has 0 atom stereocenters. The highest BCUT2D eigenvalue weighted by Crippen LogP contribution is 2.36. The Balaban J connectivity index is 2.22. The average molecular weight is 279 g/mol. The molecular weight excluding hydrogens is 254 g/mol. The predicted molar refractivity (Wildman–Crippen MR) is 80.0 cm³/mol. The van der Waals surface area contributed by atoms with E-state index in [1.165, 1.54) is 18.4 Å². The lowest BCUT2D eigenvalue weighted by atomic mass is 9.90. The van der Waals surface area contributed by atoms with Gasteiger partial charge in [0.1, 0.15) is 5.75 Å². The van der Waals surface area contributed by atoms with Crippen LogP contribution in [-0.2, 0) is 6.42 Å². The Morgan fingerprint density at radius 3 is 2.35 bits per heavy atom. The molecule has 1 fully saturated rings. The molecule has 0 amide bonds. The highest BCUT2D eigenvalue weighted by atomic mass is 16.5. The molecule has 1 heterocycles. The van der Waals surface area contributed by atoms with Gasteiger partial charge < -0.3 is 19.5 Å². The normalized spacial score (nSPS) is 15.9. The van der Waals surface area contributed by atoms with Crippen LogP contribution in [0.4, 0.5) is 0 Å². The highest BCUT2D eigenvalue weighted by molar-refractivity contribution is 5.51. The molecule has 1 aliphatic rings. The third kappa shape index (κ3) is 3.57. The van der Waals surface area contributed by atoms with Crippen molar-refractivity contribution in [1.82, 2.24) is 5.32 Å². The molecule has 1 N–H and O–H groups in total. The van der Waals surface area contributed by atoms with E-state index >= 15 is 0 Å². The van der Waals surface area contributed by atoms with Crippen molar-refractivity contribution < 1.29 is 14.2 Å². The summed E-state index contributed by atoms with van der Waals surface area (Å²) < 4.78 is 16.5. The van der Waals surface area contributed by atoms with Crippen molar-refractivity contribution in [3.05, 3.63) is 17.7 Å². The van der Waals surface area contributed by atoms with E-state index in [2.05, 4.69) is 11.4 Å². The molecule has 0 aliphatic carbocycles. The van der Waals surface area contributed by atoms with Crippen LogP contribution >= 0.6 is 0 Å². The van der Waals surface area contributed by atoms with E-state index in [4.69, 9.17) is 14.2 Å². The van der Waals surface area contributed by atoms with E-state index in [1.807, 2.05) is 13.0 Å². The Bertz CT molecular complexity index is 428. The zero-order chi connectivity index (χ0) is 14.4. The maximum absolute atomic E-state index is 5.66. The molecule has 0 saturated carbocycles. The predicted octanol–water partition coefficient (Wildman–Crippen LogP) is 2.64. The fourth-order valence-electron chi connectivity index (χ4n) is 2.76. The molecule has 20 heavy (non-hydrogen) atoms. The molecule has 0 unspecified atom stereocenters. The van der Waals surface area contributed by atoms with Gasteiger partial charge in [0.25, 0.3) is 0 Å². The Hall–Kier alpha value is -1.42. The van der Waals surface area contributed by atoms with Crippen LogP contribution in [0.25, 0.3) is 0 Å². The molecule has 4 nitrogen and oxygen atoms in total. The van der Waals surface area contributed by atoms with Crippen molar-refractivity contribution in [2.45, 2.75) is 26.2 Å². The van der Waals surface area contributed by atoms with Gasteiger partial charge in [0, 0.05) is 6.07 Å². The van der Waals surface area contributed by atoms with Crippen LogP contribution in [0.15, 0.2) is 12.1 Å². The quantitative estimate of drug-likeness (QED) is 0.869. The van der Waals surface area contributed by atoms with Gasteiger partial charge >= 0.3 is 0 Å². The SMILES string of the molecule is CCOc1cc(CC2CCNCC2)c(OC)cc1OC. The molecule has 4 heteroatoms. The number of hydrogen-bond acceptors (Lipinski definition) is 4. The summed E-state index contributed by atoms with van der Waals surface area (Å²) in [7, 11) is 3.37. The topological polar surface area (TPSA) is 39.7 Å². The van der Waals surface area contributed by atoms with E-state index in [0.717, 1.165) is 36.8 Å². The summed E-state index contributed by atoms with van der Waals surface area (Å²) in [4.78, 5) is 0. The summed E-state index contributed by atoms with van der Waals surface area (Å²) in [6.45, 7) is 4.84. The average Bonchev–Trinajstić information content (AvgIpc) is 2.49. The zero-order valence-electron chi connectivity index (χ0n) is 12.7. The maximum Gasteiger partial charge on any atom is 0.164 e. The van der Waals surface area contributed by atoms with Crippen molar-refractivity contribution in [1.29, 1.82) is 0 Å². The first-order valence-electron chi connectivity index (χ1n) is 7.36. The fourth-order valence-corrected chi connectivity index (χ4v) is 2.76. The van der Waals surface area contributed by atoms with Crippen LogP contribution in [-0.4, -0.2) is 33.9 Å². The van der Waals surface area contributed by atoms with Crippen molar-refractivity contribution in [3.8, 4) is 17.2 Å². The fraction of sp³-hybridized carbons (Fsp3) is 0.625.